The molecule has 0 aromatic carbocycles. The van der Waals surface area contributed by atoms with Gasteiger partial charge in [-0.05, 0) is 13.0 Å². The van der Waals surface area contributed by atoms with Crippen molar-refractivity contribution in [1.29, 1.82) is 0 Å². The number of ether oxygens (including phenoxy) is 1. The zero-order valence-electron chi connectivity index (χ0n) is 8.44. The standard InChI is InChI=1S/C10H10ClN3O/c1-7-5-10(14(2)13-7)15-9-4-3-8(11)6-12-9/h3-6H,1-2H3. The highest BCUT2D eigenvalue weighted by atomic mass is 35.5. The van der Waals surface area contributed by atoms with Crippen LogP contribution in [-0.2, 0) is 7.05 Å². The van der Waals surface area contributed by atoms with E-state index in [9.17, 15) is 0 Å². The quantitative estimate of drug-likeness (QED) is 0.786. The van der Waals surface area contributed by atoms with E-state index in [1.165, 1.54) is 0 Å². The molecule has 0 amide bonds. The molecule has 2 rings (SSSR count). The number of aromatic nitrogens is 3. The Balaban J connectivity index is 2.21. The van der Waals surface area contributed by atoms with E-state index in [-0.39, 0.29) is 0 Å². The van der Waals surface area contributed by atoms with Gasteiger partial charge in [-0.1, -0.05) is 11.6 Å². The smallest absolute Gasteiger partial charge is 0.221 e. The van der Waals surface area contributed by atoms with Crippen LogP contribution < -0.4 is 4.74 Å². The first kappa shape index (κ1) is 9.98. The number of pyridine rings is 1. The summed E-state index contributed by atoms with van der Waals surface area (Å²) in [5, 5.41) is 4.75. The summed E-state index contributed by atoms with van der Waals surface area (Å²) >= 11 is 5.71. The number of nitrogens with zero attached hydrogens (tertiary/aromatic N) is 3. The van der Waals surface area contributed by atoms with Gasteiger partial charge in [-0.2, -0.15) is 5.10 Å². The largest absolute Gasteiger partial charge is 0.421 e. The van der Waals surface area contributed by atoms with Crippen LogP contribution in [0.4, 0.5) is 0 Å². The molecule has 4 nitrogen and oxygen atoms in total. The molecule has 0 N–H and O–H groups in total. The molecule has 0 spiro atoms. The summed E-state index contributed by atoms with van der Waals surface area (Å²) in [7, 11) is 1.82. The lowest BCUT2D eigenvalue weighted by molar-refractivity contribution is 0.415. The molecular weight excluding hydrogens is 214 g/mol. The van der Waals surface area contributed by atoms with E-state index >= 15 is 0 Å². The molecule has 0 unspecified atom stereocenters. The van der Waals surface area contributed by atoms with Gasteiger partial charge in [0.2, 0.25) is 11.8 Å². The molecule has 5 heteroatoms. The number of hydrogen-bond acceptors (Lipinski definition) is 3. The topological polar surface area (TPSA) is 39.9 Å². The molecule has 0 bridgehead atoms. The Kier molecular flexibility index (Phi) is 2.60. The molecule has 2 aromatic rings. The van der Waals surface area contributed by atoms with Crippen molar-refractivity contribution >= 4 is 11.6 Å². The third-order valence-electron chi connectivity index (χ3n) is 1.87. The second kappa shape index (κ2) is 3.90. The van der Waals surface area contributed by atoms with E-state index in [1.807, 2.05) is 20.0 Å². The van der Waals surface area contributed by atoms with Gasteiger partial charge in [-0.25, -0.2) is 9.67 Å². The van der Waals surface area contributed by atoms with Crippen molar-refractivity contribution in [2.24, 2.45) is 7.05 Å². The maximum atomic E-state index is 5.71. The lowest BCUT2D eigenvalue weighted by atomic mass is 10.5. The van der Waals surface area contributed by atoms with Crippen molar-refractivity contribution in [1.82, 2.24) is 14.8 Å². The minimum Gasteiger partial charge on any atom is -0.421 e. The van der Waals surface area contributed by atoms with Gasteiger partial charge in [0, 0.05) is 25.4 Å². The van der Waals surface area contributed by atoms with Crippen LogP contribution in [0.1, 0.15) is 5.69 Å². The van der Waals surface area contributed by atoms with Crippen LogP contribution in [0.5, 0.6) is 11.8 Å². The van der Waals surface area contributed by atoms with Gasteiger partial charge >= 0.3 is 0 Å². The van der Waals surface area contributed by atoms with Gasteiger partial charge in [-0.15, -0.1) is 0 Å². The first-order valence-electron chi connectivity index (χ1n) is 4.45. The molecule has 2 heterocycles. The van der Waals surface area contributed by atoms with Crippen molar-refractivity contribution in [2.75, 3.05) is 0 Å². The Morgan fingerprint density at radius 2 is 2.20 bits per heavy atom. The highest BCUT2D eigenvalue weighted by molar-refractivity contribution is 6.30. The fourth-order valence-electron chi connectivity index (χ4n) is 1.21. The van der Waals surface area contributed by atoms with Crippen molar-refractivity contribution in [2.45, 2.75) is 6.92 Å². The Morgan fingerprint density at radius 1 is 1.40 bits per heavy atom. The van der Waals surface area contributed by atoms with Crippen LogP contribution >= 0.6 is 11.6 Å². The normalized spacial score (nSPS) is 10.3. The monoisotopic (exact) mass is 223 g/mol. The number of aryl methyl sites for hydroxylation is 2. The van der Waals surface area contributed by atoms with Gasteiger partial charge in [0.1, 0.15) is 0 Å². The average molecular weight is 224 g/mol. The Hall–Kier alpha value is -1.55. The Bertz CT molecular complexity index is 464. The molecule has 0 aliphatic rings. The molecular formula is C10H10ClN3O. The van der Waals surface area contributed by atoms with E-state index in [0.29, 0.717) is 16.8 Å². The van der Waals surface area contributed by atoms with Crippen LogP contribution in [0.2, 0.25) is 5.02 Å². The van der Waals surface area contributed by atoms with Gasteiger partial charge in [-0.3, -0.25) is 0 Å². The molecule has 0 saturated heterocycles. The lowest BCUT2D eigenvalue weighted by Crippen LogP contribution is -1.96. The fourth-order valence-corrected chi connectivity index (χ4v) is 1.32. The van der Waals surface area contributed by atoms with Crippen molar-refractivity contribution in [3.8, 4) is 11.8 Å². The molecule has 0 saturated carbocycles. The van der Waals surface area contributed by atoms with Gasteiger partial charge < -0.3 is 4.74 Å². The average Bonchev–Trinajstić information content (AvgIpc) is 2.49. The fraction of sp³-hybridized carbons (Fsp3) is 0.200. The highest BCUT2D eigenvalue weighted by Gasteiger charge is 2.04. The second-order valence-corrected chi connectivity index (χ2v) is 3.60. The van der Waals surface area contributed by atoms with E-state index in [2.05, 4.69) is 10.1 Å². The van der Waals surface area contributed by atoms with Crippen molar-refractivity contribution in [3.63, 3.8) is 0 Å². The number of rotatable bonds is 2. The molecule has 15 heavy (non-hydrogen) atoms. The SMILES string of the molecule is Cc1cc(Oc2ccc(Cl)cn2)n(C)n1. The molecule has 0 atom stereocenters. The second-order valence-electron chi connectivity index (χ2n) is 3.16. The van der Waals surface area contributed by atoms with Crippen molar-refractivity contribution < 1.29 is 4.74 Å². The number of halogens is 1. The molecule has 0 aliphatic heterocycles. The van der Waals surface area contributed by atoms with E-state index < -0.39 is 0 Å². The zero-order chi connectivity index (χ0) is 10.8. The first-order valence-corrected chi connectivity index (χ1v) is 4.83. The van der Waals surface area contributed by atoms with Crippen LogP contribution in [-0.4, -0.2) is 14.8 Å². The molecule has 0 aliphatic carbocycles. The lowest BCUT2D eigenvalue weighted by Gasteiger charge is -2.03. The summed E-state index contributed by atoms with van der Waals surface area (Å²) in [6.07, 6.45) is 1.54. The Morgan fingerprint density at radius 3 is 2.73 bits per heavy atom. The first-order chi connectivity index (χ1) is 7.15. The van der Waals surface area contributed by atoms with E-state index in [0.717, 1.165) is 5.69 Å². The van der Waals surface area contributed by atoms with Gasteiger partial charge in [0.25, 0.3) is 0 Å². The van der Waals surface area contributed by atoms with Crippen LogP contribution in [0.3, 0.4) is 0 Å². The molecule has 78 valence electrons. The van der Waals surface area contributed by atoms with Crippen LogP contribution in [0.25, 0.3) is 0 Å². The molecule has 2 aromatic heterocycles. The zero-order valence-corrected chi connectivity index (χ0v) is 9.19. The van der Waals surface area contributed by atoms with E-state index in [1.54, 1.807) is 23.0 Å². The Labute approximate surface area is 92.5 Å². The van der Waals surface area contributed by atoms with Crippen molar-refractivity contribution in [3.05, 3.63) is 35.1 Å². The minimum absolute atomic E-state index is 0.502. The van der Waals surface area contributed by atoms with E-state index in [4.69, 9.17) is 16.3 Å². The number of hydrogen-bond donors (Lipinski definition) is 0. The highest BCUT2D eigenvalue weighted by Crippen LogP contribution is 2.20. The minimum atomic E-state index is 0.502. The summed E-state index contributed by atoms with van der Waals surface area (Å²) < 4.78 is 7.17. The maximum Gasteiger partial charge on any atom is 0.221 e. The van der Waals surface area contributed by atoms with Crippen LogP contribution in [0.15, 0.2) is 24.4 Å². The predicted octanol–water partition coefficient (Wildman–Crippen LogP) is 2.57. The summed E-state index contributed by atoms with van der Waals surface area (Å²) in [5.41, 5.74) is 0.904. The summed E-state index contributed by atoms with van der Waals surface area (Å²) in [5.74, 6) is 1.16. The maximum absolute atomic E-state index is 5.71. The summed E-state index contributed by atoms with van der Waals surface area (Å²) in [4.78, 5) is 4.03. The summed E-state index contributed by atoms with van der Waals surface area (Å²) in [6, 6.07) is 5.29. The molecule has 0 fully saturated rings. The molecule has 0 radical (unpaired) electrons. The van der Waals surface area contributed by atoms with Gasteiger partial charge in [0.05, 0.1) is 10.7 Å². The third-order valence-corrected chi connectivity index (χ3v) is 2.09. The third kappa shape index (κ3) is 2.27. The van der Waals surface area contributed by atoms with Gasteiger partial charge in [0.15, 0.2) is 0 Å². The van der Waals surface area contributed by atoms with Crippen LogP contribution in [0, 0.1) is 6.92 Å². The summed E-state index contributed by atoms with van der Waals surface area (Å²) in [6.45, 7) is 1.90. The predicted molar refractivity (Wildman–Crippen MR) is 57.3 cm³/mol.